The second-order valence-corrected chi connectivity index (χ2v) is 8.21. The number of ether oxygens (including phenoxy) is 1. The first-order valence-electron chi connectivity index (χ1n) is 9.78. The third kappa shape index (κ3) is 5.51. The van der Waals surface area contributed by atoms with Crippen LogP contribution in [0.5, 0.6) is 0 Å². The first kappa shape index (κ1) is 23.1. The van der Waals surface area contributed by atoms with E-state index in [1.807, 2.05) is 20.8 Å². The maximum atomic E-state index is 12.7. The Kier molecular flexibility index (Phi) is 8.70. The molecule has 3 N–H and O–H groups in total. The van der Waals surface area contributed by atoms with Gasteiger partial charge in [0, 0.05) is 23.7 Å². The summed E-state index contributed by atoms with van der Waals surface area (Å²) >= 11 is 0. The Bertz CT molecular complexity index is 479. The van der Waals surface area contributed by atoms with Crippen LogP contribution in [0, 0.1) is 29.6 Å². The Labute approximate surface area is 156 Å². The van der Waals surface area contributed by atoms with Gasteiger partial charge in [0.1, 0.15) is 11.9 Å². The predicted octanol–water partition coefficient (Wildman–Crippen LogP) is 1.93. The molecule has 9 atom stereocenters. The van der Waals surface area contributed by atoms with Crippen molar-refractivity contribution >= 4 is 11.8 Å². The first-order valence-corrected chi connectivity index (χ1v) is 9.78. The van der Waals surface area contributed by atoms with E-state index in [1.54, 1.807) is 20.8 Å². The standard InChI is InChI=1S/C20H36O6/c1-7-16-13(5)20(25)14(6)19(24)11(3)8-10(2)18(23)12(4)15(21)9-17(22)26-16/h10-16,18,20-21,23,25H,7-9H2,1-6H3/t10?,11-,12+,13+,14+,15-,16?,18+,20+/m1/s1. The van der Waals surface area contributed by atoms with Crippen LogP contribution in [0.4, 0.5) is 0 Å². The van der Waals surface area contributed by atoms with E-state index in [9.17, 15) is 24.9 Å². The minimum absolute atomic E-state index is 0.0603. The van der Waals surface area contributed by atoms with Gasteiger partial charge >= 0.3 is 5.97 Å². The molecule has 0 aliphatic carbocycles. The van der Waals surface area contributed by atoms with Crippen molar-refractivity contribution in [1.29, 1.82) is 0 Å². The molecule has 2 unspecified atom stereocenters. The van der Waals surface area contributed by atoms with Crippen LogP contribution >= 0.6 is 0 Å². The summed E-state index contributed by atoms with van der Waals surface area (Å²) in [4.78, 5) is 24.9. The number of aliphatic hydroxyl groups excluding tert-OH is 3. The molecule has 1 saturated heterocycles. The van der Waals surface area contributed by atoms with Crippen molar-refractivity contribution in [2.24, 2.45) is 29.6 Å². The van der Waals surface area contributed by atoms with Gasteiger partial charge in [-0.2, -0.15) is 0 Å². The van der Waals surface area contributed by atoms with Gasteiger partial charge in [-0.1, -0.05) is 41.5 Å². The molecule has 26 heavy (non-hydrogen) atoms. The van der Waals surface area contributed by atoms with E-state index < -0.39 is 48.1 Å². The molecule has 0 radical (unpaired) electrons. The van der Waals surface area contributed by atoms with E-state index >= 15 is 0 Å². The van der Waals surface area contributed by atoms with E-state index in [4.69, 9.17) is 4.74 Å². The number of aliphatic hydroxyl groups is 3. The van der Waals surface area contributed by atoms with E-state index in [1.165, 1.54) is 0 Å². The van der Waals surface area contributed by atoms with Gasteiger partial charge in [-0.05, 0) is 18.8 Å². The van der Waals surface area contributed by atoms with Crippen LogP contribution in [0.2, 0.25) is 0 Å². The topological polar surface area (TPSA) is 104 Å². The molecule has 0 spiro atoms. The van der Waals surface area contributed by atoms with Gasteiger partial charge in [0.05, 0.1) is 24.7 Å². The quantitative estimate of drug-likeness (QED) is 0.608. The molecular weight excluding hydrogens is 336 g/mol. The maximum Gasteiger partial charge on any atom is 0.308 e. The number of ketones is 1. The fourth-order valence-electron chi connectivity index (χ4n) is 3.99. The normalized spacial score (nSPS) is 44.3. The van der Waals surface area contributed by atoms with Gasteiger partial charge in [-0.15, -0.1) is 0 Å². The molecular formula is C20H36O6. The van der Waals surface area contributed by atoms with Gasteiger partial charge in [0.15, 0.2) is 0 Å². The summed E-state index contributed by atoms with van der Waals surface area (Å²) in [5.74, 6) is -2.63. The van der Waals surface area contributed by atoms with E-state index in [0.29, 0.717) is 12.8 Å². The third-order valence-electron chi connectivity index (χ3n) is 6.09. The lowest BCUT2D eigenvalue weighted by atomic mass is 9.78. The number of Topliss-reactive ketones (excluding diaryl/α,β-unsaturated/α-hetero) is 1. The molecule has 152 valence electrons. The largest absolute Gasteiger partial charge is 0.462 e. The van der Waals surface area contributed by atoms with Crippen molar-refractivity contribution in [1.82, 2.24) is 0 Å². The van der Waals surface area contributed by atoms with Crippen LogP contribution < -0.4 is 0 Å². The molecule has 0 bridgehead atoms. The Hall–Kier alpha value is -0.980. The van der Waals surface area contributed by atoms with Gasteiger partial charge in [-0.3, -0.25) is 9.59 Å². The Morgan fingerprint density at radius 3 is 2.08 bits per heavy atom. The summed E-state index contributed by atoms with van der Waals surface area (Å²) in [6.45, 7) is 10.7. The van der Waals surface area contributed by atoms with E-state index in [2.05, 4.69) is 0 Å². The number of esters is 1. The van der Waals surface area contributed by atoms with Crippen LogP contribution in [0.3, 0.4) is 0 Å². The van der Waals surface area contributed by atoms with Crippen LogP contribution in [0.1, 0.15) is 60.8 Å². The van der Waals surface area contributed by atoms with E-state index in [0.717, 1.165) is 0 Å². The number of hydrogen-bond acceptors (Lipinski definition) is 6. The van der Waals surface area contributed by atoms with E-state index in [-0.39, 0.29) is 24.0 Å². The van der Waals surface area contributed by atoms with Crippen LogP contribution in [-0.4, -0.2) is 51.5 Å². The zero-order chi connectivity index (χ0) is 20.2. The fraction of sp³-hybridized carbons (Fsp3) is 0.900. The second-order valence-electron chi connectivity index (χ2n) is 8.21. The molecule has 1 aliphatic heterocycles. The minimum Gasteiger partial charge on any atom is -0.462 e. The molecule has 0 amide bonds. The van der Waals surface area contributed by atoms with Crippen molar-refractivity contribution in [2.75, 3.05) is 0 Å². The number of cyclic esters (lactones) is 1. The zero-order valence-electron chi connectivity index (χ0n) is 16.9. The lowest BCUT2D eigenvalue weighted by molar-refractivity contribution is -0.159. The number of carbonyl (C=O) groups excluding carboxylic acids is 2. The molecule has 1 fully saturated rings. The van der Waals surface area contributed by atoms with Crippen molar-refractivity contribution < 1.29 is 29.6 Å². The monoisotopic (exact) mass is 372 g/mol. The van der Waals surface area contributed by atoms with Crippen molar-refractivity contribution in [3.8, 4) is 0 Å². The summed E-state index contributed by atoms with van der Waals surface area (Å²) in [5, 5.41) is 31.4. The molecule has 0 saturated carbocycles. The highest BCUT2D eigenvalue weighted by atomic mass is 16.5. The zero-order valence-corrected chi connectivity index (χ0v) is 16.9. The van der Waals surface area contributed by atoms with Crippen molar-refractivity contribution in [3.63, 3.8) is 0 Å². The summed E-state index contributed by atoms with van der Waals surface area (Å²) in [7, 11) is 0. The number of carbonyl (C=O) groups is 2. The molecule has 0 aromatic heterocycles. The molecule has 1 aliphatic rings. The molecule has 6 heteroatoms. The van der Waals surface area contributed by atoms with Gasteiger partial charge < -0.3 is 20.1 Å². The summed E-state index contributed by atoms with van der Waals surface area (Å²) in [5.41, 5.74) is 0. The predicted molar refractivity (Wildman–Crippen MR) is 98.3 cm³/mol. The average Bonchev–Trinajstić information content (AvgIpc) is 2.61. The number of hydrogen-bond donors (Lipinski definition) is 3. The Morgan fingerprint density at radius 1 is 0.962 bits per heavy atom. The smallest absolute Gasteiger partial charge is 0.308 e. The Balaban J connectivity index is 3.13. The van der Waals surface area contributed by atoms with Gasteiger partial charge in [0.25, 0.3) is 0 Å². The SMILES string of the molecule is CCC1OC(=O)C[C@@H](O)[C@H](C)[C@@H](O)C(C)C[C@@H](C)C(=O)[C@H](C)[C@@H](O)[C@H]1C. The summed E-state index contributed by atoms with van der Waals surface area (Å²) < 4.78 is 5.47. The summed E-state index contributed by atoms with van der Waals surface area (Å²) in [6.07, 6.45) is -2.54. The lowest BCUT2D eigenvalue weighted by Gasteiger charge is -2.34. The fourth-order valence-corrected chi connectivity index (χ4v) is 3.99. The molecule has 1 rings (SSSR count). The summed E-state index contributed by atoms with van der Waals surface area (Å²) in [6, 6.07) is 0. The maximum absolute atomic E-state index is 12.7. The third-order valence-corrected chi connectivity index (χ3v) is 6.09. The molecule has 1 heterocycles. The highest BCUT2D eigenvalue weighted by Crippen LogP contribution is 2.29. The Morgan fingerprint density at radius 2 is 1.54 bits per heavy atom. The van der Waals surface area contributed by atoms with Crippen LogP contribution in [0.15, 0.2) is 0 Å². The second kappa shape index (κ2) is 9.81. The lowest BCUT2D eigenvalue weighted by Crippen LogP contribution is -2.43. The highest BCUT2D eigenvalue weighted by molar-refractivity contribution is 5.83. The first-order chi connectivity index (χ1) is 12.0. The molecule has 0 aromatic rings. The van der Waals surface area contributed by atoms with Crippen molar-refractivity contribution in [3.05, 3.63) is 0 Å². The average molecular weight is 373 g/mol. The molecule has 0 aromatic carbocycles. The van der Waals surface area contributed by atoms with Gasteiger partial charge in [-0.25, -0.2) is 0 Å². The minimum atomic E-state index is -1.02. The molecule has 6 nitrogen and oxygen atoms in total. The van der Waals surface area contributed by atoms with Crippen LogP contribution in [-0.2, 0) is 14.3 Å². The number of rotatable bonds is 1. The van der Waals surface area contributed by atoms with Crippen LogP contribution in [0.25, 0.3) is 0 Å². The highest BCUT2D eigenvalue weighted by Gasteiger charge is 2.37. The van der Waals surface area contributed by atoms with Crippen molar-refractivity contribution in [2.45, 2.75) is 85.2 Å². The van der Waals surface area contributed by atoms with Gasteiger partial charge in [0.2, 0.25) is 0 Å².